The lowest BCUT2D eigenvalue weighted by molar-refractivity contribution is -0.147. The normalized spacial score (nSPS) is 14.3. The third kappa shape index (κ3) is 3.67. The molecule has 1 aromatic heterocycles. The summed E-state index contributed by atoms with van der Waals surface area (Å²) in [4.78, 5) is 10.7. The first-order chi connectivity index (χ1) is 9.39. The van der Waals surface area contributed by atoms with Gasteiger partial charge in [-0.1, -0.05) is 6.92 Å². The smallest absolute Gasteiger partial charge is 0.435 e. The Morgan fingerprint density at radius 2 is 1.76 bits per heavy atom. The van der Waals surface area contributed by atoms with Gasteiger partial charge in [0.05, 0.1) is 6.42 Å². The van der Waals surface area contributed by atoms with Crippen LogP contribution in [0.3, 0.4) is 0 Å². The number of halogens is 6. The number of nitrogens with zero attached hydrogens (tertiary/aromatic N) is 2. The number of rotatable bonds is 4. The first-order valence-electron chi connectivity index (χ1n) is 5.82. The Kier molecular flexibility index (Phi) is 4.59. The number of carboxylic acid groups (broad SMARTS) is 1. The van der Waals surface area contributed by atoms with Crippen LogP contribution in [0.2, 0.25) is 0 Å². The van der Waals surface area contributed by atoms with E-state index in [4.69, 9.17) is 5.11 Å². The summed E-state index contributed by atoms with van der Waals surface area (Å²) < 4.78 is 77.6. The summed E-state index contributed by atoms with van der Waals surface area (Å²) >= 11 is 0. The van der Waals surface area contributed by atoms with Gasteiger partial charge in [-0.3, -0.25) is 9.48 Å². The van der Waals surface area contributed by atoms with Crippen LogP contribution >= 0.6 is 0 Å². The van der Waals surface area contributed by atoms with E-state index < -0.39 is 47.6 Å². The van der Waals surface area contributed by atoms with Crippen molar-refractivity contribution in [3.05, 3.63) is 17.0 Å². The molecule has 0 amide bonds. The molecule has 1 N–H and O–H groups in total. The second-order valence-electron chi connectivity index (χ2n) is 4.43. The molecule has 4 nitrogen and oxygen atoms in total. The molecule has 1 atom stereocenters. The monoisotopic (exact) mass is 318 g/mol. The van der Waals surface area contributed by atoms with Gasteiger partial charge < -0.3 is 5.11 Å². The lowest BCUT2D eigenvalue weighted by Crippen LogP contribution is -2.18. The minimum atomic E-state index is -5.09. The molecule has 120 valence electrons. The van der Waals surface area contributed by atoms with Crippen LogP contribution in [0.25, 0.3) is 0 Å². The fourth-order valence-corrected chi connectivity index (χ4v) is 2.13. The number of carboxylic acids is 1. The van der Waals surface area contributed by atoms with Gasteiger partial charge in [-0.2, -0.15) is 31.4 Å². The molecule has 0 aliphatic rings. The van der Waals surface area contributed by atoms with Gasteiger partial charge in [0.2, 0.25) is 0 Å². The van der Waals surface area contributed by atoms with Crippen LogP contribution < -0.4 is 0 Å². The summed E-state index contributed by atoms with van der Waals surface area (Å²) in [5, 5.41) is 11.6. The van der Waals surface area contributed by atoms with E-state index in [9.17, 15) is 31.1 Å². The zero-order valence-corrected chi connectivity index (χ0v) is 11.0. The number of aromatic nitrogens is 2. The lowest BCUT2D eigenvalue weighted by Gasteiger charge is -2.18. The highest BCUT2D eigenvalue weighted by molar-refractivity contribution is 5.68. The molecule has 0 spiro atoms. The number of hydrogen-bond acceptors (Lipinski definition) is 2. The molecule has 0 aliphatic carbocycles. The SMILES string of the molecule is CCC(CC(=O)O)c1c(C(F)(F)F)nn(C)c1C(F)(F)F. The Morgan fingerprint density at radius 1 is 1.24 bits per heavy atom. The number of aryl methyl sites for hydroxylation is 1. The topological polar surface area (TPSA) is 55.1 Å². The van der Waals surface area contributed by atoms with Crippen molar-refractivity contribution in [2.24, 2.45) is 7.05 Å². The minimum Gasteiger partial charge on any atom is -0.481 e. The Labute approximate surface area is 115 Å². The van der Waals surface area contributed by atoms with Crippen LogP contribution in [-0.2, 0) is 24.2 Å². The van der Waals surface area contributed by atoms with Gasteiger partial charge in [0.25, 0.3) is 0 Å². The Morgan fingerprint density at radius 3 is 2.10 bits per heavy atom. The Hall–Kier alpha value is -1.74. The fraction of sp³-hybridized carbons (Fsp3) is 0.636. The highest BCUT2D eigenvalue weighted by atomic mass is 19.4. The van der Waals surface area contributed by atoms with E-state index in [0.29, 0.717) is 0 Å². The van der Waals surface area contributed by atoms with Crippen molar-refractivity contribution in [3.63, 3.8) is 0 Å². The predicted molar refractivity (Wildman–Crippen MR) is 58.5 cm³/mol. The molecule has 0 aliphatic heterocycles. The van der Waals surface area contributed by atoms with E-state index >= 15 is 0 Å². The maximum absolute atomic E-state index is 13.0. The number of hydrogen-bond donors (Lipinski definition) is 1. The van der Waals surface area contributed by atoms with Crippen LogP contribution in [0, 0.1) is 0 Å². The second kappa shape index (κ2) is 5.57. The zero-order valence-electron chi connectivity index (χ0n) is 11.0. The van der Waals surface area contributed by atoms with Gasteiger partial charge in [0.15, 0.2) is 5.69 Å². The van der Waals surface area contributed by atoms with Gasteiger partial charge in [-0.05, 0) is 12.3 Å². The van der Waals surface area contributed by atoms with Crippen LogP contribution in [0.5, 0.6) is 0 Å². The Bertz CT molecular complexity index is 532. The van der Waals surface area contributed by atoms with Crippen molar-refractivity contribution in [2.75, 3.05) is 0 Å². The summed E-state index contributed by atoms with van der Waals surface area (Å²) in [5.74, 6) is -2.91. The van der Waals surface area contributed by atoms with E-state index in [-0.39, 0.29) is 11.1 Å². The van der Waals surface area contributed by atoms with E-state index in [1.54, 1.807) is 0 Å². The molecule has 1 rings (SSSR count). The fourth-order valence-electron chi connectivity index (χ4n) is 2.13. The van der Waals surface area contributed by atoms with Crippen molar-refractivity contribution in [3.8, 4) is 0 Å². The molecule has 0 aromatic carbocycles. The molecule has 0 saturated heterocycles. The summed E-state index contributed by atoms with van der Waals surface area (Å²) in [6.07, 6.45) is -11.2. The molecular formula is C11H12F6N2O2. The lowest BCUT2D eigenvalue weighted by atomic mass is 9.90. The maximum atomic E-state index is 13.0. The van der Waals surface area contributed by atoms with Crippen molar-refractivity contribution < 1.29 is 36.2 Å². The molecule has 0 radical (unpaired) electrons. The third-order valence-corrected chi connectivity index (χ3v) is 2.94. The van der Waals surface area contributed by atoms with E-state index in [2.05, 4.69) is 5.10 Å². The average molecular weight is 318 g/mol. The first-order valence-corrected chi connectivity index (χ1v) is 5.82. The first kappa shape index (κ1) is 17.3. The molecule has 0 fully saturated rings. The molecule has 1 aromatic rings. The van der Waals surface area contributed by atoms with Gasteiger partial charge in [0, 0.05) is 12.6 Å². The molecule has 21 heavy (non-hydrogen) atoms. The van der Waals surface area contributed by atoms with Gasteiger partial charge in [0.1, 0.15) is 5.69 Å². The molecule has 10 heteroatoms. The molecular weight excluding hydrogens is 306 g/mol. The number of alkyl halides is 6. The minimum absolute atomic E-state index is 0.0999. The number of aliphatic carboxylic acids is 1. The van der Waals surface area contributed by atoms with Crippen LogP contribution in [-0.4, -0.2) is 20.9 Å². The zero-order chi connectivity index (χ0) is 16.6. The average Bonchev–Trinajstić information content (AvgIpc) is 2.62. The van der Waals surface area contributed by atoms with Gasteiger partial charge in [-0.25, -0.2) is 0 Å². The summed E-state index contributed by atoms with van der Waals surface area (Å²) in [5.41, 5.74) is -4.37. The quantitative estimate of drug-likeness (QED) is 0.866. The standard InChI is InChI=1S/C11H12F6N2O2/c1-3-5(4-6(20)21)7-8(10(12,13)14)18-19(2)9(7)11(15,16)17/h5H,3-4H2,1-2H3,(H,20,21). The number of carbonyl (C=O) groups is 1. The van der Waals surface area contributed by atoms with Crippen LogP contribution in [0.1, 0.15) is 42.6 Å². The van der Waals surface area contributed by atoms with E-state index in [1.807, 2.05) is 0 Å². The molecule has 1 heterocycles. The Balaban J connectivity index is 3.60. The van der Waals surface area contributed by atoms with Crippen molar-refractivity contribution in [2.45, 2.75) is 38.0 Å². The summed E-state index contributed by atoms with van der Waals surface area (Å²) in [7, 11) is 0.745. The van der Waals surface area contributed by atoms with Crippen molar-refractivity contribution in [1.29, 1.82) is 0 Å². The van der Waals surface area contributed by atoms with Crippen molar-refractivity contribution in [1.82, 2.24) is 9.78 Å². The highest BCUT2D eigenvalue weighted by Crippen LogP contribution is 2.43. The second-order valence-corrected chi connectivity index (χ2v) is 4.43. The van der Waals surface area contributed by atoms with E-state index in [0.717, 1.165) is 7.05 Å². The summed E-state index contributed by atoms with van der Waals surface area (Å²) in [6.45, 7) is 1.32. The van der Waals surface area contributed by atoms with Gasteiger partial charge in [-0.15, -0.1) is 0 Å². The van der Waals surface area contributed by atoms with Crippen LogP contribution in [0.4, 0.5) is 26.3 Å². The van der Waals surface area contributed by atoms with Crippen molar-refractivity contribution >= 4 is 5.97 Å². The summed E-state index contributed by atoms with van der Waals surface area (Å²) in [6, 6.07) is 0. The van der Waals surface area contributed by atoms with Crippen LogP contribution in [0.15, 0.2) is 0 Å². The largest absolute Gasteiger partial charge is 0.481 e. The highest BCUT2D eigenvalue weighted by Gasteiger charge is 2.47. The predicted octanol–water partition coefficient (Wildman–Crippen LogP) is 3.43. The van der Waals surface area contributed by atoms with Gasteiger partial charge >= 0.3 is 18.3 Å². The molecule has 0 bridgehead atoms. The molecule has 1 unspecified atom stereocenters. The maximum Gasteiger partial charge on any atom is 0.435 e. The van der Waals surface area contributed by atoms with E-state index in [1.165, 1.54) is 6.92 Å². The molecule has 0 saturated carbocycles. The third-order valence-electron chi connectivity index (χ3n) is 2.94.